The van der Waals surface area contributed by atoms with Crippen LogP contribution in [0.25, 0.3) is 0 Å². The summed E-state index contributed by atoms with van der Waals surface area (Å²) < 4.78 is 18.2. The SMILES string of the molecule is CCC(C(C)=O)c1nc(Cc2cccc(F)c2)no1. The number of benzene rings is 1. The predicted octanol–water partition coefficient (Wildman–Crippen LogP) is 2.88. The van der Waals surface area contributed by atoms with Crippen molar-refractivity contribution in [1.82, 2.24) is 10.1 Å². The van der Waals surface area contributed by atoms with E-state index >= 15 is 0 Å². The minimum absolute atomic E-state index is 0.00320. The highest BCUT2D eigenvalue weighted by molar-refractivity contribution is 5.82. The maximum Gasteiger partial charge on any atom is 0.237 e. The summed E-state index contributed by atoms with van der Waals surface area (Å²) >= 11 is 0. The van der Waals surface area contributed by atoms with E-state index < -0.39 is 0 Å². The van der Waals surface area contributed by atoms with Gasteiger partial charge in [-0.15, -0.1) is 0 Å². The van der Waals surface area contributed by atoms with Gasteiger partial charge in [-0.2, -0.15) is 4.98 Å². The van der Waals surface area contributed by atoms with Gasteiger partial charge in [0.25, 0.3) is 0 Å². The Kier molecular flexibility index (Phi) is 4.04. The summed E-state index contributed by atoms with van der Waals surface area (Å²) in [5, 5.41) is 3.83. The fraction of sp³-hybridized carbons (Fsp3) is 0.357. The standard InChI is InChI=1S/C14H15FN2O2/c1-3-12(9(2)18)14-16-13(17-19-14)8-10-5-4-6-11(15)7-10/h4-7,12H,3,8H2,1-2H3. The van der Waals surface area contributed by atoms with Crippen LogP contribution in [0.15, 0.2) is 28.8 Å². The molecule has 0 N–H and O–H groups in total. The van der Waals surface area contributed by atoms with E-state index in [0.29, 0.717) is 24.6 Å². The van der Waals surface area contributed by atoms with Crippen molar-refractivity contribution in [2.75, 3.05) is 0 Å². The first kappa shape index (κ1) is 13.4. The Balaban J connectivity index is 2.15. The van der Waals surface area contributed by atoms with Gasteiger partial charge in [0.05, 0.1) is 5.92 Å². The number of hydrogen-bond donors (Lipinski definition) is 0. The molecule has 0 amide bonds. The van der Waals surface area contributed by atoms with Crippen LogP contribution < -0.4 is 0 Å². The number of Topliss-reactive ketones (excluding diaryl/α,β-unsaturated/α-hetero) is 1. The second kappa shape index (κ2) is 5.73. The molecule has 1 aromatic carbocycles. The molecular weight excluding hydrogens is 247 g/mol. The summed E-state index contributed by atoms with van der Waals surface area (Å²) in [6.07, 6.45) is 1.01. The minimum Gasteiger partial charge on any atom is -0.339 e. The molecule has 2 aromatic rings. The van der Waals surface area contributed by atoms with Gasteiger partial charge in [0, 0.05) is 6.42 Å². The average molecular weight is 262 g/mol. The van der Waals surface area contributed by atoms with Crippen LogP contribution in [0.4, 0.5) is 4.39 Å². The number of carbonyl (C=O) groups is 1. The molecule has 0 radical (unpaired) electrons. The lowest BCUT2D eigenvalue weighted by molar-refractivity contribution is -0.119. The average Bonchev–Trinajstić information content (AvgIpc) is 2.78. The van der Waals surface area contributed by atoms with Gasteiger partial charge in [0.15, 0.2) is 5.82 Å². The molecule has 0 spiro atoms. The highest BCUT2D eigenvalue weighted by atomic mass is 19.1. The monoisotopic (exact) mass is 262 g/mol. The first-order valence-corrected chi connectivity index (χ1v) is 6.17. The Morgan fingerprint density at radius 2 is 2.26 bits per heavy atom. The quantitative estimate of drug-likeness (QED) is 0.831. The lowest BCUT2D eigenvalue weighted by atomic mass is 10.0. The third-order valence-electron chi connectivity index (χ3n) is 2.93. The van der Waals surface area contributed by atoms with Gasteiger partial charge in [0.1, 0.15) is 11.6 Å². The highest BCUT2D eigenvalue weighted by Gasteiger charge is 2.21. The van der Waals surface area contributed by atoms with Crippen molar-refractivity contribution in [3.8, 4) is 0 Å². The highest BCUT2D eigenvalue weighted by Crippen LogP contribution is 2.19. The van der Waals surface area contributed by atoms with E-state index in [9.17, 15) is 9.18 Å². The minimum atomic E-state index is -0.353. The van der Waals surface area contributed by atoms with Gasteiger partial charge in [-0.1, -0.05) is 24.2 Å². The first-order chi connectivity index (χ1) is 9.10. The maximum absolute atomic E-state index is 13.1. The van der Waals surface area contributed by atoms with Gasteiger partial charge < -0.3 is 4.52 Å². The molecule has 0 aliphatic carbocycles. The summed E-state index contributed by atoms with van der Waals surface area (Å²) in [5.41, 5.74) is 0.767. The topological polar surface area (TPSA) is 56.0 Å². The van der Waals surface area contributed by atoms with Crippen LogP contribution in [-0.4, -0.2) is 15.9 Å². The lowest BCUT2D eigenvalue weighted by Crippen LogP contribution is -2.08. The number of nitrogens with zero attached hydrogens (tertiary/aromatic N) is 2. The van der Waals surface area contributed by atoms with Crippen LogP contribution in [0.1, 0.15) is 43.5 Å². The maximum atomic E-state index is 13.1. The smallest absolute Gasteiger partial charge is 0.237 e. The summed E-state index contributed by atoms with van der Waals surface area (Å²) in [5.74, 6) is 0.148. The zero-order valence-electron chi connectivity index (χ0n) is 10.9. The summed E-state index contributed by atoms with van der Waals surface area (Å²) in [4.78, 5) is 15.6. The van der Waals surface area contributed by atoms with Crippen LogP contribution in [0.3, 0.4) is 0 Å². The molecule has 2 rings (SSSR count). The van der Waals surface area contributed by atoms with E-state index in [2.05, 4.69) is 10.1 Å². The van der Waals surface area contributed by atoms with Crippen molar-refractivity contribution in [1.29, 1.82) is 0 Å². The van der Waals surface area contributed by atoms with Crippen molar-refractivity contribution in [2.45, 2.75) is 32.6 Å². The Hall–Kier alpha value is -2.04. The van der Waals surface area contributed by atoms with Crippen molar-refractivity contribution in [3.05, 3.63) is 47.4 Å². The summed E-state index contributed by atoms with van der Waals surface area (Å²) in [7, 11) is 0. The molecule has 0 fully saturated rings. The normalized spacial score (nSPS) is 12.4. The van der Waals surface area contributed by atoms with Gasteiger partial charge in [-0.25, -0.2) is 4.39 Å². The molecule has 1 heterocycles. The molecule has 5 heteroatoms. The molecule has 0 aliphatic heterocycles. The fourth-order valence-corrected chi connectivity index (χ4v) is 1.95. The zero-order valence-corrected chi connectivity index (χ0v) is 10.9. The summed E-state index contributed by atoms with van der Waals surface area (Å²) in [6, 6.07) is 6.24. The van der Waals surface area contributed by atoms with Gasteiger partial charge in [-0.05, 0) is 31.0 Å². The number of ketones is 1. The Labute approximate surface area is 110 Å². The van der Waals surface area contributed by atoms with Crippen LogP contribution in [0.2, 0.25) is 0 Å². The van der Waals surface area contributed by atoms with E-state index in [4.69, 9.17) is 4.52 Å². The summed E-state index contributed by atoms with van der Waals surface area (Å²) in [6.45, 7) is 3.40. The predicted molar refractivity (Wildman–Crippen MR) is 67.2 cm³/mol. The van der Waals surface area contributed by atoms with Crippen molar-refractivity contribution in [3.63, 3.8) is 0 Å². The molecule has 1 aromatic heterocycles. The van der Waals surface area contributed by atoms with E-state index in [-0.39, 0.29) is 17.5 Å². The van der Waals surface area contributed by atoms with Gasteiger partial charge >= 0.3 is 0 Å². The van der Waals surface area contributed by atoms with E-state index in [0.717, 1.165) is 5.56 Å². The molecule has 0 saturated heterocycles. The third kappa shape index (κ3) is 3.24. The molecule has 100 valence electrons. The molecule has 4 nitrogen and oxygen atoms in total. The van der Waals surface area contributed by atoms with Crippen LogP contribution in [-0.2, 0) is 11.2 Å². The second-order valence-electron chi connectivity index (χ2n) is 4.43. The number of rotatable bonds is 5. The fourth-order valence-electron chi connectivity index (χ4n) is 1.95. The molecule has 0 saturated carbocycles. The molecule has 1 unspecified atom stereocenters. The first-order valence-electron chi connectivity index (χ1n) is 6.17. The van der Waals surface area contributed by atoms with Gasteiger partial charge in [-0.3, -0.25) is 4.79 Å². The van der Waals surface area contributed by atoms with Crippen molar-refractivity contribution < 1.29 is 13.7 Å². The van der Waals surface area contributed by atoms with Crippen LogP contribution >= 0.6 is 0 Å². The largest absolute Gasteiger partial charge is 0.339 e. The Morgan fingerprint density at radius 1 is 1.47 bits per heavy atom. The molecule has 0 aliphatic rings. The van der Waals surface area contributed by atoms with Crippen molar-refractivity contribution >= 4 is 5.78 Å². The molecule has 19 heavy (non-hydrogen) atoms. The third-order valence-corrected chi connectivity index (χ3v) is 2.93. The van der Waals surface area contributed by atoms with Crippen molar-refractivity contribution in [2.24, 2.45) is 0 Å². The Bertz CT molecular complexity index is 580. The molecular formula is C14H15FN2O2. The van der Waals surface area contributed by atoms with E-state index in [1.807, 2.05) is 6.92 Å². The number of carbonyl (C=O) groups excluding carboxylic acids is 1. The van der Waals surface area contributed by atoms with E-state index in [1.54, 1.807) is 12.1 Å². The number of aromatic nitrogens is 2. The van der Waals surface area contributed by atoms with E-state index in [1.165, 1.54) is 19.1 Å². The number of hydrogen-bond acceptors (Lipinski definition) is 4. The van der Waals surface area contributed by atoms with Crippen LogP contribution in [0, 0.1) is 5.82 Å². The zero-order chi connectivity index (χ0) is 13.8. The lowest BCUT2D eigenvalue weighted by Gasteiger charge is -2.03. The van der Waals surface area contributed by atoms with Gasteiger partial charge in [0.2, 0.25) is 5.89 Å². The Morgan fingerprint density at radius 3 is 2.89 bits per heavy atom. The second-order valence-corrected chi connectivity index (χ2v) is 4.43. The molecule has 0 bridgehead atoms. The van der Waals surface area contributed by atoms with Crippen LogP contribution in [0.5, 0.6) is 0 Å². The molecule has 1 atom stereocenters. The number of halogens is 1.